The van der Waals surface area contributed by atoms with Crippen LogP contribution in [0.4, 0.5) is 0 Å². The Labute approximate surface area is 90.6 Å². The molecule has 1 N–H and O–H groups in total. The molecule has 4 nitrogen and oxygen atoms in total. The minimum Gasteiger partial charge on any atom is -0.473 e. The summed E-state index contributed by atoms with van der Waals surface area (Å²) in [5.41, 5.74) is 0. The molecular formula is C11H20O4. The topological polar surface area (TPSA) is 63.6 Å². The van der Waals surface area contributed by atoms with Crippen LogP contribution in [0.3, 0.4) is 0 Å². The molecule has 0 aromatic rings. The van der Waals surface area contributed by atoms with Crippen molar-refractivity contribution in [3.63, 3.8) is 0 Å². The highest BCUT2D eigenvalue weighted by atomic mass is 16.6. The molecule has 0 spiro atoms. The van der Waals surface area contributed by atoms with Gasteiger partial charge in [-0.25, -0.2) is 9.59 Å². The number of esters is 1. The number of aliphatic carboxylic acids is 1. The molecular weight excluding hydrogens is 196 g/mol. The van der Waals surface area contributed by atoms with Crippen molar-refractivity contribution in [3.05, 3.63) is 0 Å². The predicted octanol–water partition coefficient (Wildman–Crippen LogP) is 2.36. The lowest BCUT2D eigenvalue weighted by atomic mass is 10.1. The molecule has 0 aliphatic carbocycles. The average Bonchev–Trinajstić information content (AvgIpc) is 2.17. The Hall–Kier alpha value is -1.06. The smallest absolute Gasteiger partial charge is 0.417 e. The highest BCUT2D eigenvalue weighted by Crippen LogP contribution is 2.09. The van der Waals surface area contributed by atoms with E-state index in [4.69, 9.17) is 5.11 Å². The Morgan fingerprint density at radius 1 is 1.20 bits per heavy atom. The fraction of sp³-hybridized carbons (Fsp3) is 0.818. The van der Waals surface area contributed by atoms with E-state index < -0.39 is 11.9 Å². The minimum absolute atomic E-state index is 0.296. The van der Waals surface area contributed by atoms with Crippen molar-refractivity contribution in [1.82, 2.24) is 0 Å². The van der Waals surface area contributed by atoms with Crippen LogP contribution in [-0.2, 0) is 14.3 Å². The van der Waals surface area contributed by atoms with Crippen molar-refractivity contribution in [2.45, 2.75) is 58.5 Å². The quantitative estimate of drug-likeness (QED) is 0.403. The maximum atomic E-state index is 10.7. The van der Waals surface area contributed by atoms with Crippen LogP contribution in [0.2, 0.25) is 0 Å². The third-order valence-electron chi connectivity index (χ3n) is 2.20. The highest BCUT2D eigenvalue weighted by Gasteiger charge is 2.16. The number of carbonyl (C=O) groups excluding carboxylic acids is 1. The largest absolute Gasteiger partial charge is 0.473 e. The molecule has 0 rings (SSSR count). The molecule has 1 atom stereocenters. The molecule has 15 heavy (non-hydrogen) atoms. The Morgan fingerprint density at radius 3 is 2.33 bits per heavy atom. The third kappa shape index (κ3) is 7.97. The lowest BCUT2D eigenvalue weighted by molar-refractivity contribution is -0.167. The SMILES string of the molecule is CCCCCCCC(C)OC(=O)C(=O)O. The van der Waals surface area contributed by atoms with E-state index in [1.54, 1.807) is 6.92 Å². The van der Waals surface area contributed by atoms with Gasteiger partial charge in [-0.05, 0) is 19.8 Å². The fourth-order valence-corrected chi connectivity index (χ4v) is 1.33. The Bertz CT molecular complexity index is 201. The molecule has 1 unspecified atom stereocenters. The number of carboxylic acids is 1. The number of rotatable bonds is 7. The van der Waals surface area contributed by atoms with E-state index >= 15 is 0 Å². The van der Waals surface area contributed by atoms with Crippen molar-refractivity contribution in [2.24, 2.45) is 0 Å². The van der Waals surface area contributed by atoms with E-state index in [1.807, 2.05) is 0 Å². The standard InChI is InChI=1S/C11H20O4/c1-3-4-5-6-7-8-9(2)15-11(14)10(12)13/h9H,3-8H2,1-2H3,(H,12,13). The van der Waals surface area contributed by atoms with Crippen molar-refractivity contribution >= 4 is 11.9 Å². The number of hydrogen-bond donors (Lipinski definition) is 1. The second kappa shape index (κ2) is 8.26. The molecule has 0 aliphatic rings. The zero-order valence-corrected chi connectivity index (χ0v) is 9.49. The van der Waals surface area contributed by atoms with Crippen LogP contribution in [0, 0.1) is 0 Å². The van der Waals surface area contributed by atoms with E-state index in [0.717, 1.165) is 19.3 Å². The second-order valence-corrected chi connectivity index (χ2v) is 3.72. The van der Waals surface area contributed by atoms with Gasteiger partial charge in [0, 0.05) is 0 Å². The molecule has 0 radical (unpaired) electrons. The lowest BCUT2D eigenvalue weighted by Crippen LogP contribution is -2.22. The van der Waals surface area contributed by atoms with Crippen LogP contribution in [-0.4, -0.2) is 23.1 Å². The van der Waals surface area contributed by atoms with E-state index in [0.29, 0.717) is 0 Å². The van der Waals surface area contributed by atoms with Gasteiger partial charge in [0.15, 0.2) is 0 Å². The fourth-order valence-electron chi connectivity index (χ4n) is 1.33. The first-order valence-electron chi connectivity index (χ1n) is 5.51. The third-order valence-corrected chi connectivity index (χ3v) is 2.20. The normalized spacial score (nSPS) is 12.1. The maximum absolute atomic E-state index is 10.7. The van der Waals surface area contributed by atoms with Crippen molar-refractivity contribution in [3.8, 4) is 0 Å². The highest BCUT2D eigenvalue weighted by molar-refractivity contribution is 6.28. The predicted molar refractivity (Wildman–Crippen MR) is 56.6 cm³/mol. The molecule has 0 aliphatic heterocycles. The van der Waals surface area contributed by atoms with E-state index in [-0.39, 0.29) is 6.10 Å². The summed E-state index contributed by atoms with van der Waals surface area (Å²) in [6.07, 6.45) is 6.15. The first kappa shape index (κ1) is 13.9. The van der Waals surface area contributed by atoms with Gasteiger partial charge >= 0.3 is 11.9 Å². The van der Waals surface area contributed by atoms with Gasteiger partial charge in [0.2, 0.25) is 0 Å². The average molecular weight is 216 g/mol. The van der Waals surface area contributed by atoms with Crippen LogP contribution >= 0.6 is 0 Å². The summed E-state index contributed by atoms with van der Waals surface area (Å²) < 4.78 is 4.68. The lowest BCUT2D eigenvalue weighted by Gasteiger charge is -2.10. The van der Waals surface area contributed by atoms with Gasteiger partial charge in [0.25, 0.3) is 0 Å². The monoisotopic (exact) mass is 216 g/mol. The molecule has 0 fully saturated rings. The summed E-state index contributed by atoms with van der Waals surface area (Å²) in [7, 11) is 0. The second-order valence-electron chi connectivity index (χ2n) is 3.72. The number of ether oxygens (including phenoxy) is 1. The number of unbranched alkanes of at least 4 members (excludes halogenated alkanes) is 4. The summed E-state index contributed by atoms with van der Waals surface area (Å²) in [5.74, 6) is -2.68. The van der Waals surface area contributed by atoms with Gasteiger partial charge in [-0.2, -0.15) is 0 Å². The van der Waals surface area contributed by atoms with Crippen LogP contribution < -0.4 is 0 Å². The molecule has 0 aromatic heterocycles. The minimum atomic E-state index is -1.52. The van der Waals surface area contributed by atoms with Gasteiger partial charge in [-0.1, -0.05) is 32.6 Å². The Kier molecular flexibility index (Phi) is 7.68. The molecule has 0 amide bonds. The van der Waals surface area contributed by atoms with Crippen LogP contribution in [0.5, 0.6) is 0 Å². The van der Waals surface area contributed by atoms with Crippen molar-refractivity contribution < 1.29 is 19.4 Å². The summed E-state index contributed by atoms with van der Waals surface area (Å²) in [6.45, 7) is 3.87. The molecule has 0 bridgehead atoms. The van der Waals surface area contributed by atoms with Gasteiger partial charge in [0.1, 0.15) is 0 Å². The first-order valence-corrected chi connectivity index (χ1v) is 5.51. The van der Waals surface area contributed by atoms with Crippen molar-refractivity contribution in [2.75, 3.05) is 0 Å². The molecule has 0 aromatic carbocycles. The summed E-state index contributed by atoms with van der Waals surface area (Å²) in [6, 6.07) is 0. The Balaban J connectivity index is 3.45. The molecule has 0 saturated carbocycles. The van der Waals surface area contributed by atoms with Gasteiger partial charge in [-0.3, -0.25) is 0 Å². The summed E-state index contributed by atoms with van der Waals surface area (Å²) >= 11 is 0. The zero-order chi connectivity index (χ0) is 11.7. The summed E-state index contributed by atoms with van der Waals surface area (Å²) in [5, 5.41) is 8.30. The van der Waals surface area contributed by atoms with Crippen LogP contribution in [0.15, 0.2) is 0 Å². The van der Waals surface area contributed by atoms with E-state index in [9.17, 15) is 9.59 Å². The maximum Gasteiger partial charge on any atom is 0.417 e. The first-order chi connectivity index (χ1) is 7.07. The zero-order valence-electron chi connectivity index (χ0n) is 9.49. The molecule has 4 heteroatoms. The van der Waals surface area contributed by atoms with E-state index in [1.165, 1.54) is 19.3 Å². The van der Waals surface area contributed by atoms with Gasteiger partial charge < -0.3 is 9.84 Å². The Morgan fingerprint density at radius 2 is 1.80 bits per heavy atom. The number of carbonyl (C=O) groups is 2. The number of carboxylic acid groups (broad SMARTS) is 1. The molecule has 0 heterocycles. The van der Waals surface area contributed by atoms with Crippen LogP contribution in [0.1, 0.15) is 52.4 Å². The molecule has 88 valence electrons. The van der Waals surface area contributed by atoms with Crippen molar-refractivity contribution in [1.29, 1.82) is 0 Å². The number of hydrogen-bond acceptors (Lipinski definition) is 3. The van der Waals surface area contributed by atoms with Crippen LogP contribution in [0.25, 0.3) is 0 Å². The van der Waals surface area contributed by atoms with Gasteiger partial charge in [-0.15, -0.1) is 0 Å². The van der Waals surface area contributed by atoms with E-state index in [2.05, 4.69) is 11.7 Å². The molecule has 0 saturated heterocycles. The van der Waals surface area contributed by atoms with Gasteiger partial charge in [0.05, 0.1) is 6.10 Å². The summed E-state index contributed by atoms with van der Waals surface area (Å²) in [4.78, 5) is 20.8.